The summed E-state index contributed by atoms with van der Waals surface area (Å²) in [6.45, 7) is 2.40. The standard InChI is InChI=1S/C20H30O3/c1-16(21)8-5-6-13-20(22)18-11-7-12-19(14-18)23-15-17-9-3-2-4-10-17/h7,11-12,14,17,20,22H,2-6,8-10,13,15H2,1H3. The van der Waals surface area contributed by atoms with Crippen molar-refractivity contribution >= 4 is 5.78 Å². The van der Waals surface area contributed by atoms with Gasteiger partial charge in [0.15, 0.2) is 0 Å². The molecule has 0 spiro atoms. The monoisotopic (exact) mass is 318 g/mol. The van der Waals surface area contributed by atoms with Crippen molar-refractivity contribution in [1.29, 1.82) is 0 Å². The largest absolute Gasteiger partial charge is 0.493 e. The summed E-state index contributed by atoms with van der Waals surface area (Å²) < 4.78 is 5.94. The van der Waals surface area contributed by atoms with E-state index in [1.807, 2.05) is 24.3 Å². The fourth-order valence-electron chi connectivity index (χ4n) is 3.26. The van der Waals surface area contributed by atoms with Crippen LogP contribution in [0.3, 0.4) is 0 Å². The summed E-state index contributed by atoms with van der Waals surface area (Å²) in [5.41, 5.74) is 0.911. The number of ketones is 1. The van der Waals surface area contributed by atoms with Gasteiger partial charge in [0.2, 0.25) is 0 Å². The molecule has 1 atom stereocenters. The third kappa shape index (κ3) is 6.74. The lowest BCUT2D eigenvalue weighted by molar-refractivity contribution is -0.117. The zero-order valence-electron chi connectivity index (χ0n) is 14.3. The summed E-state index contributed by atoms with van der Waals surface area (Å²) in [6, 6.07) is 7.82. The molecular formula is C20H30O3. The second-order valence-corrected chi connectivity index (χ2v) is 6.85. The Labute approximate surface area is 140 Å². The van der Waals surface area contributed by atoms with Crippen LogP contribution in [0.2, 0.25) is 0 Å². The Kier molecular flexibility index (Phi) is 7.60. The lowest BCUT2D eigenvalue weighted by atomic mass is 9.90. The average Bonchev–Trinajstić information content (AvgIpc) is 2.58. The highest BCUT2D eigenvalue weighted by molar-refractivity contribution is 5.75. The van der Waals surface area contributed by atoms with Gasteiger partial charge >= 0.3 is 0 Å². The first kappa shape index (κ1) is 18.0. The first-order valence-electron chi connectivity index (χ1n) is 9.05. The number of carbonyl (C=O) groups excluding carboxylic acids is 1. The first-order valence-corrected chi connectivity index (χ1v) is 9.05. The minimum Gasteiger partial charge on any atom is -0.493 e. The maximum atomic E-state index is 10.9. The first-order chi connectivity index (χ1) is 11.1. The van der Waals surface area contributed by atoms with E-state index in [0.717, 1.165) is 30.8 Å². The Hall–Kier alpha value is -1.35. The van der Waals surface area contributed by atoms with Gasteiger partial charge in [0.1, 0.15) is 11.5 Å². The van der Waals surface area contributed by atoms with Crippen LogP contribution in [0, 0.1) is 5.92 Å². The topological polar surface area (TPSA) is 46.5 Å². The number of benzene rings is 1. The minimum absolute atomic E-state index is 0.220. The molecule has 1 aliphatic carbocycles. The van der Waals surface area contributed by atoms with Crippen LogP contribution < -0.4 is 4.74 Å². The minimum atomic E-state index is -0.472. The smallest absolute Gasteiger partial charge is 0.129 e. The van der Waals surface area contributed by atoms with E-state index in [1.165, 1.54) is 32.1 Å². The third-order valence-electron chi connectivity index (χ3n) is 4.71. The molecule has 0 amide bonds. The highest BCUT2D eigenvalue weighted by Gasteiger charge is 2.14. The second-order valence-electron chi connectivity index (χ2n) is 6.85. The van der Waals surface area contributed by atoms with Crippen molar-refractivity contribution in [2.45, 2.75) is 70.8 Å². The summed E-state index contributed by atoms with van der Waals surface area (Å²) in [7, 11) is 0. The van der Waals surface area contributed by atoms with Crippen LogP contribution in [0.1, 0.15) is 76.4 Å². The molecule has 0 saturated heterocycles. The Bertz CT molecular complexity index is 478. The van der Waals surface area contributed by atoms with E-state index >= 15 is 0 Å². The quantitative estimate of drug-likeness (QED) is 0.663. The number of hydrogen-bond acceptors (Lipinski definition) is 3. The predicted octanol–water partition coefficient (Wildman–Crippen LogP) is 4.83. The van der Waals surface area contributed by atoms with Crippen molar-refractivity contribution < 1.29 is 14.6 Å². The predicted molar refractivity (Wildman–Crippen MR) is 92.6 cm³/mol. The normalized spacial score (nSPS) is 17.0. The van der Waals surface area contributed by atoms with E-state index in [1.54, 1.807) is 6.92 Å². The number of ether oxygens (including phenoxy) is 1. The lowest BCUT2D eigenvalue weighted by Crippen LogP contribution is -2.15. The van der Waals surface area contributed by atoms with E-state index < -0.39 is 6.10 Å². The fourth-order valence-corrected chi connectivity index (χ4v) is 3.26. The van der Waals surface area contributed by atoms with Gasteiger partial charge in [-0.25, -0.2) is 0 Å². The molecule has 0 bridgehead atoms. The highest BCUT2D eigenvalue weighted by atomic mass is 16.5. The Morgan fingerprint density at radius 3 is 2.78 bits per heavy atom. The Balaban J connectivity index is 1.77. The van der Waals surface area contributed by atoms with Crippen molar-refractivity contribution in [3.05, 3.63) is 29.8 Å². The van der Waals surface area contributed by atoms with Crippen LogP contribution in [0.4, 0.5) is 0 Å². The SMILES string of the molecule is CC(=O)CCCCC(O)c1cccc(OCC2CCCCC2)c1. The van der Waals surface area contributed by atoms with Gasteiger partial charge in [-0.2, -0.15) is 0 Å². The van der Waals surface area contributed by atoms with Gasteiger partial charge in [0.25, 0.3) is 0 Å². The van der Waals surface area contributed by atoms with Gasteiger partial charge < -0.3 is 14.6 Å². The van der Waals surface area contributed by atoms with Gasteiger partial charge in [0, 0.05) is 6.42 Å². The molecule has 1 unspecified atom stereocenters. The van der Waals surface area contributed by atoms with Crippen LogP contribution in [0.25, 0.3) is 0 Å². The average molecular weight is 318 g/mol. The number of aliphatic hydroxyl groups excluding tert-OH is 1. The molecule has 2 rings (SSSR count). The van der Waals surface area contributed by atoms with Crippen LogP contribution in [-0.2, 0) is 4.79 Å². The molecule has 3 nitrogen and oxygen atoms in total. The van der Waals surface area contributed by atoms with E-state index in [-0.39, 0.29) is 5.78 Å². The third-order valence-corrected chi connectivity index (χ3v) is 4.71. The number of rotatable bonds is 9. The zero-order valence-corrected chi connectivity index (χ0v) is 14.3. The number of aliphatic hydroxyl groups is 1. The van der Waals surface area contributed by atoms with Gasteiger partial charge in [-0.05, 0) is 56.2 Å². The van der Waals surface area contributed by atoms with Gasteiger partial charge in [0.05, 0.1) is 12.7 Å². The molecule has 0 heterocycles. The van der Waals surface area contributed by atoms with Gasteiger partial charge in [-0.15, -0.1) is 0 Å². The number of hydrogen-bond donors (Lipinski definition) is 1. The molecule has 0 aliphatic heterocycles. The summed E-state index contributed by atoms with van der Waals surface area (Å²) in [6.07, 6.45) is 9.12. The Morgan fingerprint density at radius 2 is 2.04 bits per heavy atom. The Morgan fingerprint density at radius 1 is 1.26 bits per heavy atom. The summed E-state index contributed by atoms with van der Waals surface area (Å²) in [4.78, 5) is 10.9. The maximum Gasteiger partial charge on any atom is 0.129 e. The number of unbranched alkanes of at least 4 members (excludes halogenated alkanes) is 1. The van der Waals surface area contributed by atoms with Crippen molar-refractivity contribution in [1.82, 2.24) is 0 Å². The fraction of sp³-hybridized carbons (Fsp3) is 0.650. The molecule has 128 valence electrons. The molecular weight excluding hydrogens is 288 g/mol. The van der Waals surface area contributed by atoms with E-state index in [9.17, 15) is 9.90 Å². The molecule has 23 heavy (non-hydrogen) atoms. The van der Waals surface area contributed by atoms with Crippen LogP contribution in [0.5, 0.6) is 5.75 Å². The van der Waals surface area contributed by atoms with Gasteiger partial charge in [-0.3, -0.25) is 0 Å². The van der Waals surface area contributed by atoms with Crippen molar-refractivity contribution in [2.24, 2.45) is 5.92 Å². The molecule has 0 aromatic heterocycles. The van der Waals surface area contributed by atoms with Crippen molar-refractivity contribution in [3.8, 4) is 5.75 Å². The van der Waals surface area contributed by atoms with E-state index in [0.29, 0.717) is 18.8 Å². The summed E-state index contributed by atoms with van der Waals surface area (Å²) in [5, 5.41) is 10.3. The van der Waals surface area contributed by atoms with Crippen LogP contribution >= 0.6 is 0 Å². The van der Waals surface area contributed by atoms with Crippen LogP contribution in [-0.4, -0.2) is 17.5 Å². The molecule has 1 aliphatic rings. The second kappa shape index (κ2) is 9.71. The molecule has 1 fully saturated rings. The maximum absolute atomic E-state index is 10.9. The molecule has 1 saturated carbocycles. The van der Waals surface area contributed by atoms with Crippen molar-refractivity contribution in [3.63, 3.8) is 0 Å². The van der Waals surface area contributed by atoms with Crippen molar-refractivity contribution in [2.75, 3.05) is 6.61 Å². The molecule has 1 N–H and O–H groups in total. The summed E-state index contributed by atoms with van der Waals surface area (Å²) >= 11 is 0. The van der Waals surface area contributed by atoms with Gasteiger partial charge in [-0.1, -0.05) is 37.8 Å². The molecule has 1 aromatic carbocycles. The number of Topliss-reactive ketones (excluding diaryl/α,β-unsaturated/α-hetero) is 1. The number of carbonyl (C=O) groups is 1. The zero-order chi connectivity index (χ0) is 16.5. The molecule has 3 heteroatoms. The lowest BCUT2D eigenvalue weighted by Gasteiger charge is -2.22. The highest BCUT2D eigenvalue weighted by Crippen LogP contribution is 2.27. The van der Waals surface area contributed by atoms with Crippen LogP contribution in [0.15, 0.2) is 24.3 Å². The van der Waals surface area contributed by atoms with E-state index in [4.69, 9.17) is 4.74 Å². The molecule has 0 radical (unpaired) electrons. The van der Waals surface area contributed by atoms with E-state index in [2.05, 4.69) is 0 Å². The molecule has 1 aromatic rings. The summed E-state index contributed by atoms with van der Waals surface area (Å²) in [5.74, 6) is 1.76.